The average Bonchev–Trinajstić information content (AvgIpc) is 3.41. The number of nitrogens with zero attached hydrogens (tertiary/aromatic N) is 2. The number of carbonyl (C=O) groups excluding carboxylic acids is 1. The summed E-state index contributed by atoms with van der Waals surface area (Å²) in [5.41, 5.74) is 2.12. The summed E-state index contributed by atoms with van der Waals surface area (Å²) < 4.78 is 32.6. The van der Waals surface area contributed by atoms with Crippen molar-refractivity contribution in [3.8, 4) is 40.2 Å². The lowest BCUT2D eigenvalue weighted by Crippen LogP contribution is -2.11. The van der Waals surface area contributed by atoms with Crippen LogP contribution >= 0.6 is 11.8 Å². The molecule has 9 nitrogen and oxygen atoms in total. The lowest BCUT2D eigenvalue weighted by Gasteiger charge is -2.12. The summed E-state index contributed by atoms with van der Waals surface area (Å²) in [6.07, 6.45) is 0.529. The number of ether oxygens (including phenoxy) is 5. The summed E-state index contributed by atoms with van der Waals surface area (Å²) in [7, 11) is 7.70. The summed E-state index contributed by atoms with van der Waals surface area (Å²) in [5, 5.41) is 8.14. The van der Waals surface area contributed by atoms with Crippen LogP contribution in [0.3, 0.4) is 0 Å². The van der Waals surface area contributed by atoms with Crippen LogP contribution in [0.1, 0.15) is 15.9 Å². The molecular weight excluding hydrogens is 436 g/mol. The van der Waals surface area contributed by atoms with E-state index in [4.69, 9.17) is 28.1 Å². The standard InChI is InChI=1S/C22H22N2O7S/c1-26-14-6-11-9-18(19(25)13(11)10-15(14)27-2)32-22-24-23-21(31-22)12-7-16(28-3)20(30-5)17(8-12)29-4/h6-8,10,18H,9H2,1-5H3. The maximum Gasteiger partial charge on any atom is 0.277 e. The predicted molar refractivity (Wildman–Crippen MR) is 117 cm³/mol. The molecule has 0 bridgehead atoms. The molecule has 1 aromatic heterocycles. The predicted octanol–water partition coefficient (Wildman–Crippen LogP) is 3.68. The van der Waals surface area contributed by atoms with Crippen LogP contribution in [0.4, 0.5) is 0 Å². The molecule has 0 saturated carbocycles. The Hall–Kier alpha value is -3.40. The van der Waals surface area contributed by atoms with Gasteiger partial charge in [-0.3, -0.25) is 4.79 Å². The van der Waals surface area contributed by atoms with Crippen LogP contribution in [-0.2, 0) is 6.42 Å². The Morgan fingerprint density at radius 2 is 1.47 bits per heavy atom. The topological polar surface area (TPSA) is 102 Å². The van der Waals surface area contributed by atoms with E-state index >= 15 is 0 Å². The second-order valence-corrected chi connectivity index (χ2v) is 7.98. The summed E-state index contributed by atoms with van der Waals surface area (Å²) in [6.45, 7) is 0. The molecule has 32 heavy (non-hydrogen) atoms. The van der Waals surface area contributed by atoms with Crippen molar-refractivity contribution in [2.45, 2.75) is 16.9 Å². The Morgan fingerprint density at radius 1 is 0.844 bits per heavy atom. The van der Waals surface area contributed by atoms with Crippen LogP contribution in [0.25, 0.3) is 11.5 Å². The number of methoxy groups -OCH3 is 5. The summed E-state index contributed by atoms with van der Waals surface area (Å²) in [6, 6.07) is 6.99. The van der Waals surface area contributed by atoms with E-state index in [0.717, 1.165) is 5.56 Å². The fourth-order valence-electron chi connectivity index (χ4n) is 3.58. The summed E-state index contributed by atoms with van der Waals surface area (Å²) >= 11 is 1.23. The number of Topliss-reactive ketones (excluding diaryl/α,β-unsaturated/α-hetero) is 1. The number of carbonyl (C=O) groups is 1. The molecule has 10 heteroatoms. The lowest BCUT2D eigenvalue weighted by atomic mass is 10.1. The number of aromatic nitrogens is 2. The van der Waals surface area contributed by atoms with Crippen LogP contribution in [-0.4, -0.2) is 56.8 Å². The van der Waals surface area contributed by atoms with Crippen LogP contribution in [0.2, 0.25) is 0 Å². The molecule has 0 aliphatic heterocycles. The number of fused-ring (bicyclic) bond motifs is 1. The molecule has 1 heterocycles. The largest absolute Gasteiger partial charge is 0.493 e. The molecule has 1 aliphatic rings. The van der Waals surface area contributed by atoms with Gasteiger partial charge in [-0.1, -0.05) is 11.8 Å². The SMILES string of the molecule is COc1cc2c(cc1OC)C(=O)C(Sc1nnc(-c3cc(OC)c(OC)c(OC)c3)o1)C2. The zero-order valence-corrected chi connectivity index (χ0v) is 19.1. The quantitative estimate of drug-likeness (QED) is 0.497. The van der Waals surface area contributed by atoms with Gasteiger partial charge >= 0.3 is 0 Å². The van der Waals surface area contributed by atoms with Crippen molar-refractivity contribution < 1.29 is 32.9 Å². The Bertz CT molecular complexity index is 1140. The zero-order chi connectivity index (χ0) is 22.8. The highest BCUT2D eigenvalue weighted by atomic mass is 32.2. The molecule has 1 unspecified atom stereocenters. The molecule has 2 aromatic carbocycles. The maximum atomic E-state index is 12.9. The van der Waals surface area contributed by atoms with Gasteiger partial charge in [-0.25, -0.2) is 0 Å². The van der Waals surface area contributed by atoms with Crippen LogP contribution in [0.15, 0.2) is 33.9 Å². The number of thioether (sulfide) groups is 1. The number of benzene rings is 2. The fourth-order valence-corrected chi connectivity index (χ4v) is 4.54. The van der Waals surface area contributed by atoms with Gasteiger partial charge in [0.25, 0.3) is 5.22 Å². The molecule has 168 valence electrons. The number of ketones is 1. The molecule has 0 saturated heterocycles. The van der Waals surface area contributed by atoms with Crippen molar-refractivity contribution in [2.24, 2.45) is 0 Å². The van der Waals surface area contributed by atoms with Crippen molar-refractivity contribution in [1.29, 1.82) is 0 Å². The van der Waals surface area contributed by atoms with Crippen LogP contribution in [0, 0.1) is 0 Å². The molecule has 4 rings (SSSR count). The van der Waals surface area contributed by atoms with E-state index in [9.17, 15) is 4.79 Å². The Labute approximate surface area is 189 Å². The van der Waals surface area contributed by atoms with E-state index in [1.165, 1.54) is 33.1 Å². The number of rotatable bonds is 8. The number of hydrogen-bond donors (Lipinski definition) is 0. The molecule has 0 radical (unpaired) electrons. The first-order valence-corrected chi connectivity index (χ1v) is 10.5. The Morgan fingerprint density at radius 3 is 2.06 bits per heavy atom. The van der Waals surface area contributed by atoms with Crippen molar-refractivity contribution in [3.63, 3.8) is 0 Å². The van der Waals surface area contributed by atoms with Crippen LogP contribution < -0.4 is 23.7 Å². The first-order chi connectivity index (χ1) is 15.5. The molecule has 1 aliphatic carbocycles. The molecular formula is C22H22N2O7S. The first-order valence-electron chi connectivity index (χ1n) is 9.62. The molecule has 0 fully saturated rings. The fraction of sp³-hybridized carbons (Fsp3) is 0.318. The molecule has 0 N–H and O–H groups in total. The molecule has 1 atom stereocenters. The van der Waals surface area contributed by atoms with Crippen molar-refractivity contribution in [3.05, 3.63) is 35.4 Å². The van der Waals surface area contributed by atoms with Gasteiger partial charge < -0.3 is 28.1 Å². The van der Waals surface area contributed by atoms with E-state index in [1.54, 1.807) is 32.4 Å². The van der Waals surface area contributed by atoms with Crippen molar-refractivity contribution in [2.75, 3.05) is 35.5 Å². The van der Waals surface area contributed by atoms with Gasteiger partial charge in [0.2, 0.25) is 11.6 Å². The van der Waals surface area contributed by atoms with Gasteiger partial charge in [-0.2, -0.15) is 0 Å². The average molecular weight is 458 g/mol. The van der Waals surface area contributed by atoms with E-state index in [1.807, 2.05) is 6.07 Å². The molecule has 0 spiro atoms. The molecule has 3 aromatic rings. The minimum atomic E-state index is -0.380. The highest BCUT2D eigenvalue weighted by molar-refractivity contribution is 8.00. The van der Waals surface area contributed by atoms with Gasteiger partial charge in [0.15, 0.2) is 28.8 Å². The van der Waals surface area contributed by atoms with E-state index in [2.05, 4.69) is 10.2 Å². The minimum Gasteiger partial charge on any atom is -0.493 e. The third-order valence-electron chi connectivity index (χ3n) is 5.13. The second-order valence-electron chi connectivity index (χ2n) is 6.83. The first kappa shape index (κ1) is 21.8. The minimum absolute atomic E-state index is 0.0153. The summed E-state index contributed by atoms with van der Waals surface area (Å²) in [5.74, 6) is 2.78. The van der Waals surface area contributed by atoms with Crippen molar-refractivity contribution >= 4 is 17.5 Å². The highest BCUT2D eigenvalue weighted by Crippen LogP contribution is 2.42. The Kier molecular flexibility index (Phi) is 6.13. The third kappa shape index (κ3) is 3.81. The van der Waals surface area contributed by atoms with Gasteiger partial charge in [0, 0.05) is 11.1 Å². The normalized spacial score (nSPS) is 14.8. The van der Waals surface area contributed by atoms with Gasteiger partial charge in [-0.15, -0.1) is 10.2 Å². The number of hydrogen-bond acceptors (Lipinski definition) is 10. The highest BCUT2D eigenvalue weighted by Gasteiger charge is 2.34. The third-order valence-corrected chi connectivity index (χ3v) is 6.17. The zero-order valence-electron chi connectivity index (χ0n) is 18.3. The van der Waals surface area contributed by atoms with Crippen LogP contribution in [0.5, 0.6) is 28.7 Å². The van der Waals surface area contributed by atoms with Gasteiger partial charge in [-0.05, 0) is 36.2 Å². The monoisotopic (exact) mass is 458 g/mol. The van der Waals surface area contributed by atoms with Gasteiger partial charge in [0.05, 0.1) is 40.8 Å². The second kappa shape index (κ2) is 8.99. The lowest BCUT2D eigenvalue weighted by molar-refractivity contribution is 0.0999. The van der Waals surface area contributed by atoms with E-state index in [0.29, 0.717) is 51.5 Å². The maximum absolute atomic E-state index is 12.9. The van der Waals surface area contributed by atoms with E-state index < -0.39 is 0 Å². The summed E-state index contributed by atoms with van der Waals surface area (Å²) in [4.78, 5) is 12.9. The van der Waals surface area contributed by atoms with Gasteiger partial charge in [0.1, 0.15) is 0 Å². The molecule has 0 amide bonds. The van der Waals surface area contributed by atoms with E-state index in [-0.39, 0.29) is 16.9 Å². The Balaban J connectivity index is 1.57. The smallest absolute Gasteiger partial charge is 0.277 e. The van der Waals surface area contributed by atoms with Crippen molar-refractivity contribution in [1.82, 2.24) is 10.2 Å².